The SMILES string of the molecule is CC1(CC(=O)O)CC(c2cccc(Cl)c2)C(CC(c2ccc(Cl)cc2)C2CC2S(=O)(=O)C2CCC2)NC1=O. The third kappa shape index (κ3) is 5.47. The van der Waals surface area contributed by atoms with Gasteiger partial charge in [0.2, 0.25) is 5.91 Å². The van der Waals surface area contributed by atoms with E-state index in [0.29, 0.717) is 29.3 Å². The van der Waals surface area contributed by atoms with Gasteiger partial charge in [0.05, 0.1) is 22.3 Å². The van der Waals surface area contributed by atoms with Crippen LogP contribution in [0.3, 0.4) is 0 Å². The summed E-state index contributed by atoms with van der Waals surface area (Å²) in [6, 6.07) is 14.7. The Bertz CT molecular complexity index is 1330. The van der Waals surface area contributed by atoms with E-state index in [-0.39, 0.29) is 46.6 Å². The fourth-order valence-electron chi connectivity index (χ4n) is 6.44. The van der Waals surface area contributed by atoms with Crippen LogP contribution < -0.4 is 5.32 Å². The standard InChI is InChI=1S/C29H33Cl2NO5S/c1-29(16-27(33)34)15-24(18-4-2-5-20(31)12-18)25(32-28(29)35)13-22(17-8-10-19(30)11-9-17)23-14-26(23)38(36,37)21-6-3-7-21/h2,4-5,8-12,21-26H,3,6-7,13-16H2,1H3,(H,32,35)(H,33,34). The molecule has 3 aliphatic rings. The number of aliphatic carboxylic acids is 1. The highest BCUT2D eigenvalue weighted by Crippen LogP contribution is 2.53. The molecule has 6 nitrogen and oxygen atoms in total. The number of benzene rings is 2. The van der Waals surface area contributed by atoms with E-state index < -0.39 is 21.2 Å². The van der Waals surface area contributed by atoms with Crippen molar-refractivity contribution in [2.45, 2.75) is 80.2 Å². The van der Waals surface area contributed by atoms with Crippen LogP contribution in [0.15, 0.2) is 48.5 Å². The van der Waals surface area contributed by atoms with Gasteiger partial charge in [0.15, 0.2) is 9.84 Å². The molecule has 0 aromatic heterocycles. The number of amides is 1. The summed E-state index contributed by atoms with van der Waals surface area (Å²) in [7, 11) is -3.19. The minimum absolute atomic E-state index is 0.0361. The van der Waals surface area contributed by atoms with Crippen molar-refractivity contribution in [1.29, 1.82) is 0 Å². The molecule has 204 valence electrons. The first-order valence-corrected chi connectivity index (χ1v) is 15.6. The van der Waals surface area contributed by atoms with Gasteiger partial charge in [-0.25, -0.2) is 8.42 Å². The van der Waals surface area contributed by atoms with Crippen molar-refractivity contribution >= 4 is 44.9 Å². The average Bonchev–Trinajstić information content (AvgIpc) is 3.60. The van der Waals surface area contributed by atoms with Crippen LogP contribution >= 0.6 is 23.2 Å². The van der Waals surface area contributed by atoms with E-state index in [9.17, 15) is 23.1 Å². The summed E-state index contributed by atoms with van der Waals surface area (Å²) in [5.41, 5.74) is 0.868. The number of hydrogen-bond donors (Lipinski definition) is 2. The maximum Gasteiger partial charge on any atom is 0.304 e. The smallest absolute Gasteiger partial charge is 0.304 e. The molecule has 6 atom stereocenters. The van der Waals surface area contributed by atoms with Gasteiger partial charge < -0.3 is 10.4 Å². The predicted octanol–water partition coefficient (Wildman–Crippen LogP) is 5.98. The summed E-state index contributed by atoms with van der Waals surface area (Å²) in [6.45, 7) is 1.70. The van der Waals surface area contributed by atoms with Gasteiger partial charge in [-0.1, -0.05) is 60.8 Å². The van der Waals surface area contributed by atoms with Crippen molar-refractivity contribution in [2.24, 2.45) is 11.3 Å². The number of carboxylic acid groups (broad SMARTS) is 1. The van der Waals surface area contributed by atoms with Gasteiger partial charge >= 0.3 is 5.97 Å². The maximum absolute atomic E-state index is 13.3. The Kier molecular flexibility index (Phi) is 7.57. The molecular weight excluding hydrogens is 545 g/mol. The fraction of sp³-hybridized carbons (Fsp3) is 0.517. The third-order valence-electron chi connectivity index (χ3n) is 8.88. The van der Waals surface area contributed by atoms with E-state index in [1.165, 1.54) is 0 Å². The molecule has 2 saturated carbocycles. The van der Waals surface area contributed by atoms with Crippen molar-refractivity contribution in [3.8, 4) is 0 Å². The van der Waals surface area contributed by atoms with Gasteiger partial charge in [-0.2, -0.15) is 0 Å². The Morgan fingerprint density at radius 3 is 2.45 bits per heavy atom. The molecule has 2 aliphatic carbocycles. The van der Waals surface area contributed by atoms with Crippen LogP contribution in [-0.2, 0) is 19.4 Å². The molecule has 2 aromatic rings. The van der Waals surface area contributed by atoms with Gasteiger partial charge in [0, 0.05) is 22.0 Å². The van der Waals surface area contributed by atoms with Gasteiger partial charge in [-0.05, 0) is 79.3 Å². The van der Waals surface area contributed by atoms with Crippen LogP contribution in [0.1, 0.15) is 74.8 Å². The van der Waals surface area contributed by atoms with Crippen molar-refractivity contribution < 1.29 is 23.1 Å². The molecule has 5 rings (SSSR count). The Morgan fingerprint density at radius 2 is 1.84 bits per heavy atom. The lowest BCUT2D eigenvalue weighted by molar-refractivity contribution is -0.147. The average molecular weight is 579 g/mol. The molecule has 1 aliphatic heterocycles. The molecule has 2 aromatic carbocycles. The molecule has 2 N–H and O–H groups in total. The van der Waals surface area contributed by atoms with Gasteiger partial charge in [0.25, 0.3) is 0 Å². The van der Waals surface area contributed by atoms with Crippen molar-refractivity contribution in [3.63, 3.8) is 0 Å². The first kappa shape index (κ1) is 27.5. The number of nitrogens with one attached hydrogen (secondary N) is 1. The zero-order chi connectivity index (χ0) is 27.2. The Labute approximate surface area is 234 Å². The number of piperidine rings is 1. The van der Waals surface area contributed by atoms with Crippen LogP contribution in [0, 0.1) is 11.3 Å². The highest BCUT2D eigenvalue weighted by atomic mass is 35.5. The number of carbonyl (C=O) groups is 2. The second-order valence-electron chi connectivity index (χ2n) is 11.6. The summed E-state index contributed by atoms with van der Waals surface area (Å²) in [6.07, 6.45) is 3.70. The van der Waals surface area contributed by atoms with E-state index in [4.69, 9.17) is 23.2 Å². The van der Waals surface area contributed by atoms with Crippen LogP contribution in [0.4, 0.5) is 0 Å². The molecule has 6 unspecified atom stereocenters. The summed E-state index contributed by atoms with van der Waals surface area (Å²) in [5.74, 6) is -1.61. The predicted molar refractivity (Wildman–Crippen MR) is 148 cm³/mol. The topological polar surface area (TPSA) is 101 Å². The van der Waals surface area contributed by atoms with E-state index in [1.807, 2.05) is 42.5 Å². The highest BCUT2D eigenvalue weighted by molar-refractivity contribution is 7.93. The van der Waals surface area contributed by atoms with Gasteiger partial charge in [-0.3, -0.25) is 9.59 Å². The van der Waals surface area contributed by atoms with Crippen molar-refractivity contribution in [2.75, 3.05) is 0 Å². The second kappa shape index (κ2) is 10.5. The number of hydrogen-bond acceptors (Lipinski definition) is 4. The Morgan fingerprint density at radius 1 is 1.13 bits per heavy atom. The maximum atomic E-state index is 13.3. The second-order valence-corrected chi connectivity index (χ2v) is 14.9. The molecule has 0 bridgehead atoms. The summed E-state index contributed by atoms with van der Waals surface area (Å²) >= 11 is 12.5. The summed E-state index contributed by atoms with van der Waals surface area (Å²) in [5, 5.41) is 13.3. The monoisotopic (exact) mass is 577 g/mol. The number of rotatable bonds is 9. The fourth-order valence-corrected chi connectivity index (χ4v) is 9.42. The molecule has 9 heteroatoms. The number of carboxylic acids is 1. The largest absolute Gasteiger partial charge is 0.481 e. The number of carbonyl (C=O) groups excluding carboxylic acids is 1. The molecule has 38 heavy (non-hydrogen) atoms. The van der Waals surface area contributed by atoms with E-state index in [2.05, 4.69) is 5.32 Å². The summed E-state index contributed by atoms with van der Waals surface area (Å²) in [4.78, 5) is 24.9. The summed E-state index contributed by atoms with van der Waals surface area (Å²) < 4.78 is 26.5. The number of sulfone groups is 1. The first-order chi connectivity index (χ1) is 18.0. The molecular formula is C29H33Cl2NO5S. The van der Waals surface area contributed by atoms with Gasteiger partial charge in [0.1, 0.15) is 0 Å². The van der Waals surface area contributed by atoms with Crippen LogP contribution in [0.2, 0.25) is 10.0 Å². The molecule has 3 fully saturated rings. The normalized spacial score (nSPS) is 30.2. The first-order valence-electron chi connectivity index (χ1n) is 13.2. The lowest BCUT2D eigenvalue weighted by Crippen LogP contribution is -2.54. The van der Waals surface area contributed by atoms with Crippen molar-refractivity contribution in [1.82, 2.24) is 5.32 Å². The quantitative estimate of drug-likeness (QED) is 0.382. The minimum Gasteiger partial charge on any atom is -0.481 e. The lowest BCUT2D eigenvalue weighted by Gasteiger charge is -2.43. The molecule has 0 spiro atoms. The zero-order valence-electron chi connectivity index (χ0n) is 21.3. The van der Waals surface area contributed by atoms with Crippen LogP contribution in [0.25, 0.3) is 0 Å². The van der Waals surface area contributed by atoms with Gasteiger partial charge in [-0.15, -0.1) is 0 Å². The Balaban J connectivity index is 1.48. The molecule has 1 saturated heterocycles. The van der Waals surface area contributed by atoms with Crippen molar-refractivity contribution in [3.05, 3.63) is 69.7 Å². The minimum atomic E-state index is -3.19. The lowest BCUT2D eigenvalue weighted by atomic mass is 9.68. The molecule has 1 heterocycles. The highest BCUT2D eigenvalue weighted by Gasteiger charge is 2.55. The van der Waals surface area contributed by atoms with E-state index >= 15 is 0 Å². The number of halogens is 2. The van der Waals surface area contributed by atoms with E-state index in [0.717, 1.165) is 30.4 Å². The van der Waals surface area contributed by atoms with Crippen LogP contribution in [-0.4, -0.2) is 41.9 Å². The molecule has 1 amide bonds. The molecule has 0 radical (unpaired) electrons. The van der Waals surface area contributed by atoms with E-state index in [1.54, 1.807) is 13.0 Å². The van der Waals surface area contributed by atoms with Crippen LogP contribution in [0.5, 0.6) is 0 Å². The zero-order valence-corrected chi connectivity index (χ0v) is 23.6. The third-order valence-corrected chi connectivity index (χ3v) is 12.2. The Hall–Kier alpha value is -2.09.